The summed E-state index contributed by atoms with van der Waals surface area (Å²) in [5.41, 5.74) is -0.734. The quantitative estimate of drug-likeness (QED) is 0.717. The van der Waals surface area contributed by atoms with Crippen LogP contribution in [0, 0.1) is 5.41 Å². The van der Waals surface area contributed by atoms with Crippen molar-refractivity contribution in [3.8, 4) is 0 Å². The van der Waals surface area contributed by atoms with E-state index in [0.29, 0.717) is 12.8 Å². The van der Waals surface area contributed by atoms with Crippen LogP contribution in [0.2, 0.25) is 0 Å². The molecule has 1 saturated carbocycles. The van der Waals surface area contributed by atoms with Crippen LogP contribution in [0.5, 0.6) is 0 Å². The van der Waals surface area contributed by atoms with E-state index in [1.807, 2.05) is 0 Å². The monoisotopic (exact) mass is 268 g/mol. The summed E-state index contributed by atoms with van der Waals surface area (Å²) in [7, 11) is 0. The highest BCUT2D eigenvalue weighted by atomic mass is 16.4. The first kappa shape index (κ1) is 14.3. The van der Waals surface area contributed by atoms with E-state index in [9.17, 15) is 14.7 Å². The summed E-state index contributed by atoms with van der Waals surface area (Å²) >= 11 is 0. The van der Waals surface area contributed by atoms with Gasteiger partial charge in [0.25, 0.3) is 0 Å². The highest BCUT2D eigenvalue weighted by molar-refractivity contribution is 5.83. The second-order valence-corrected chi connectivity index (χ2v) is 5.87. The molecule has 3 N–H and O–H groups in total. The van der Waals surface area contributed by atoms with Crippen LogP contribution in [-0.4, -0.2) is 36.1 Å². The van der Waals surface area contributed by atoms with Gasteiger partial charge in [-0.25, -0.2) is 0 Å². The SMILES string of the molecule is O=C(NCC1(C(=O)O)CCCCC1)[C@H]1CCCCN1. The molecule has 1 saturated heterocycles. The minimum atomic E-state index is -0.760. The number of piperidine rings is 1. The minimum Gasteiger partial charge on any atom is -0.481 e. The van der Waals surface area contributed by atoms with Gasteiger partial charge < -0.3 is 15.7 Å². The highest BCUT2D eigenvalue weighted by Gasteiger charge is 2.40. The normalized spacial score (nSPS) is 26.6. The lowest BCUT2D eigenvalue weighted by molar-refractivity contribution is -0.151. The number of carbonyl (C=O) groups excluding carboxylic acids is 1. The summed E-state index contributed by atoms with van der Waals surface area (Å²) in [5, 5.41) is 15.5. The van der Waals surface area contributed by atoms with Crippen molar-refractivity contribution in [1.29, 1.82) is 0 Å². The number of hydrogen-bond acceptors (Lipinski definition) is 3. The van der Waals surface area contributed by atoms with Crippen molar-refractivity contribution in [2.45, 2.75) is 57.4 Å². The molecule has 0 radical (unpaired) electrons. The molecule has 0 unspecified atom stereocenters. The molecule has 5 heteroatoms. The van der Waals surface area contributed by atoms with Gasteiger partial charge in [-0.1, -0.05) is 25.7 Å². The lowest BCUT2D eigenvalue weighted by Gasteiger charge is -2.34. The van der Waals surface area contributed by atoms with Crippen molar-refractivity contribution in [3.05, 3.63) is 0 Å². The summed E-state index contributed by atoms with van der Waals surface area (Å²) in [6, 6.07) is -0.136. The maximum Gasteiger partial charge on any atom is 0.311 e. The second-order valence-electron chi connectivity index (χ2n) is 5.87. The standard InChI is InChI=1S/C14H24N2O3/c17-12(11-6-2-5-9-15-11)16-10-14(13(18)19)7-3-1-4-8-14/h11,15H,1-10H2,(H,16,17)(H,18,19)/t11-/m1/s1. The van der Waals surface area contributed by atoms with Gasteiger partial charge >= 0.3 is 5.97 Å². The number of carbonyl (C=O) groups is 2. The Hall–Kier alpha value is -1.10. The third-order valence-corrected chi connectivity index (χ3v) is 4.49. The molecular weight excluding hydrogens is 244 g/mol. The van der Waals surface area contributed by atoms with Gasteiger partial charge in [-0.2, -0.15) is 0 Å². The van der Waals surface area contributed by atoms with Crippen LogP contribution in [-0.2, 0) is 9.59 Å². The lowest BCUT2D eigenvalue weighted by Crippen LogP contribution is -2.51. The van der Waals surface area contributed by atoms with E-state index in [2.05, 4.69) is 10.6 Å². The summed E-state index contributed by atoms with van der Waals surface area (Å²) in [4.78, 5) is 23.5. The van der Waals surface area contributed by atoms with Crippen molar-refractivity contribution in [2.24, 2.45) is 5.41 Å². The van der Waals surface area contributed by atoms with Crippen LogP contribution in [0.4, 0.5) is 0 Å². The Bertz CT molecular complexity index is 332. The highest BCUT2D eigenvalue weighted by Crippen LogP contribution is 2.36. The number of carboxylic acids is 1. The molecule has 1 aliphatic heterocycles. The fourth-order valence-electron chi connectivity index (χ4n) is 3.15. The summed E-state index contributed by atoms with van der Waals surface area (Å²) in [6.45, 7) is 1.15. The Balaban J connectivity index is 1.87. The number of rotatable bonds is 4. The molecule has 0 spiro atoms. The number of carboxylic acid groups (broad SMARTS) is 1. The van der Waals surface area contributed by atoms with Crippen LogP contribution < -0.4 is 10.6 Å². The molecule has 0 aromatic rings. The van der Waals surface area contributed by atoms with Gasteiger partial charge in [0.2, 0.25) is 5.91 Å². The largest absolute Gasteiger partial charge is 0.481 e. The molecule has 0 bridgehead atoms. The Labute approximate surface area is 114 Å². The number of aliphatic carboxylic acids is 1. The Morgan fingerprint density at radius 3 is 2.47 bits per heavy atom. The maximum atomic E-state index is 12.0. The van der Waals surface area contributed by atoms with Crippen LogP contribution >= 0.6 is 0 Å². The third-order valence-electron chi connectivity index (χ3n) is 4.49. The van der Waals surface area contributed by atoms with E-state index in [1.54, 1.807) is 0 Å². The molecule has 19 heavy (non-hydrogen) atoms. The van der Waals surface area contributed by atoms with E-state index < -0.39 is 11.4 Å². The maximum absolute atomic E-state index is 12.0. The van der Waals surface area contributed by atoms with Crippen molar-refractivity contribution in [3.63, 3.8) is 0 Å². The number of amides is 1. The van der Waals surface area contributed by atoms with Gasteiger partial charge in [-0.3, -0.25) is 9.59 Å². The first-order valence-electron chi connectivity index (χ1n) is 7.39. The van der Waals surface area contributed by atoms with E-state index in [0.717, 1.165) is 45.1 Å². The van der Waals surface area contributed by atoms with Gasteiger partial charge in [0.1, 0.15) is 0 Å². The number of hydrogen-bond donors (Lipinski definition) is 3. The molecule has 108 valence electrons. The topological polar surface area (TPSA) is 78.4 Å². The van der Waals surface area contributed by atoms with Gasteiger partial charge in [-0.15, -0.1) is 0 Å². The van der Waals surface area contributed by atoms with Crippen LogP contribution in [0.1, 0.15) is 51.4 Å². The van der Waals surface area contributed by atoms with Crippen molar-refractivity contribution >= 4 is 11.9 Å². The minimum absolute atomic E-state index is 0.0362. The summed E-state index contributed by atoms with van der Waals surface area (Å²) in [5.74, 6) is -0.796. The molecule has 2 aliphatic rings. The van der Waals surface area contributed by atoms with E-state index in [4.69, 9.17) is 0 Å². The van der Waals surface area contributed by atoms with Gasteiger partial charge in [0.05, 0.1) is 11.5 Å². The molecule has 2 fully saturated rings. The van der Waals surface area contributed by atoms with Crippen molar-refractivity contribution in [1.82, 2.24) is 10.6 Å². The molecular formula is C14H24N2O3. The average Bonchev–Trinajstić information content (AvgIpc) is 2.46. The smallest absolute Gasteiger partial charge is 0.311 e. The number of nitrogens with one attached hydrogen (secondary N) is 2. The fourth-order valence-corrected chi connectivity index (χ4v) is 3.15. The van der Waals surface area contributed by atoms with Gasteiger partial charge in [0, 0.05) is 6.54 Å². The van der Waals surface area contributed by atoms with E-state index in [1.165, 1.54) is 0 Å². The fraction of sp³-hybridized carbons (Fsp3) is 0.857. The Morgan fingerprint density at radius 2 is 1.89 bits per heavy atom. The van der Waals surface area contributed by atoms with Crippen LogP contribution in [0.25, 0.3) is 0 Å². The van der Waals surface area contributed by atoms with Crippen LogP contribution in [0.15, 0.2) is 0 Å². The first-order valence-corrected chi connectivity index (χ1v) is 7.39. The second kappa shape index (κ2) is 6.37. The summed E-state index contributed by atoms with van der Waals surface area (Å²) in [6.07, 6.45) is 7.40. The first-order chi connectivity index (χ1) is 9.14. The molecule has 1 heterocycles. The van der Waals surface area contributed by atoms with Crippen molar-refractivity contribution in [2.75, 3.05) is 13.1 Å². The zero-order chi connectivity index (χ0) is 13.7. The zero-order valence-electron chi connectivity index (χ0n) is 11.4. The molecule has 5 nitrogen and oxygen atoms in total. The molecule has 1 aliphatic carbocycles. The Morgan fingerprint density at radius 1 is 1.16 bits per heavy atom. The van der Waals surface area contributed by atoms with Gasteiger partial charge in [-0.05, 0) is 32.2 Å². The third kappa shape index (κ3) is 3.47. The zero-order valence-corrected chi connectivity index (χ0v) is 11.4. The van der Waals surface area contributed by atoms with E-state index >= 15 is 0 Å². The van der Waals surface area contributed by atoms with E-state index in [-0.39, 0.29) is 18.5 Å². The van der Waals surface area contributed by atoms with Crippen LogP contribution in [0.3, 0.4) is 0 Å². The Kier molecular flexibility index (Phi) is 4.80. The molecule has 1 atom stereocenters. The predicted octanol–water partition coefficient (Wildman–Crippen LogP) is 1.28. The molecule has 2 rings (SSSR count). The average molecular weight is 268 g/mol. The lowest BCUT2D eigenvalue weighted by atomic mass is 9.74. The molecule has 1 amide bonds. The molecule has 0 aromatic carbocycles. The molecule has 0 aromatic heterocycles. The summed E-state index contributed by atoms with van der Waals surface area (Å²) < 4.78 is 0. The van der Waals surface area contributed by atoms with Gasteiger partial charge in [0.15, 0.2) is 0 Å². The predicted molar refractivity (Wildman–Crippen MR) is 71.8 cm³/mol. The van der Waals surface area contributed by atoms with Crippen molar-refractivity contribution < 1.29 is 14.7 Å².